The van der Waals surface area contributed by atoms with Gasteiger partial charge in [-0.25, -0.2) is 4.39 Å². The maximum Gasteiger partial charge on any atom is 0.390 e. The number of hydrogen-bond acceptors (Lipinski definition) is 2. The molecule has 0 aliphatic rings. The Kier molecular flexibility index (Phi) is 5.99. The van der Waals surface area contributed by atoms with Crippen molar-refractivity contribution >= 4 is 0 Å². The zero-order valence-corrected chi connectivity index (χ0v) is 11.1. The number of benzene rings is 1. The molecule has 0 unspecified atom stereocenters. The van der Waals surface area contributed by atoms with Crippen LogP contribution in [0.25, 0.3) is 0 Å². The molecule has 0 aromatic heterocycles. The van der Waals surface area contributed by atoms with Crippen molar-refractivity contribution in [3.8, 4) is 11.8 Å². The van der Waals surface area contributed by atoms with E-state index in [9.17, 15) is 17.6 Å². The van der Waals surface area contributed by atoms with Gasteiger partial charge in [-0.15, -0.1) is 0 Å². The predicted molar refractivity (Wildman–Crippen MR) is 69.3 cm³/mol. The molecule has 0 fully saturated rings. The summed E-state index contributed by atoms with van der Waals surface area (Å²) in [7, 11) is 1.58. The molecule has 20 heavy (non-hydrogen) atoms. The Morgan fingerprint density at radius 2 is 2.00 bits per heavy atom. The van der Waals surface area contributed by atoms with Gasteiger partial charge < -0.3 is 10.6 Å². The van der Waals surface area contributed by atoms with Crippen LogP contribution < -0.4 is 5.73 Å². The Labute approximate surface area is 115 Å². The molecule has 110 valence electrons. The summed E-state index contributed by atoms with van der Waals surface area (Å²) in [6.45, 7) is 0.313. The van der Waals surface area contributed by atoms with Crippen molar-refractivity contribution in [3.63, 3.8) is 0 Å². The largest absolute Gasteiger partial charge is 0.390 e. The van der Waals surface area contributed by atoms with Gasteiger partial charge >= 0.3 is 6.18 Å². The Hall–Kier alpha value is -1.58. The van der Waals surface area contributed by atoms with Crippen LogP contribution in [0, 0.1) is 17.7 Å². The van der Waals surface area contributed by atoms with Gasteiger partial charge in [0, 0.05) is 13.1 Å². The zero-order valence-electron chi connectivity index (χ0n) is 11.1. The van der Waals surface area contributed by atoms with E-state index in [-0.39, 0.29) is 18.7 Å². The average molecular weight is 288 g/mol. The molecule has 1 rings (SSSR count). The minimum atomic E-state index is -4.17. The second kappa shape index (κ2) is 7.27. The second-order valence-corrected chi connectivity index (χ2v) is 4.42. The van der Waals surface area contributed by atoms with E-state index in [4.69, 9.17) is 5.73 Å². The highest BCUT2D eigenvalue weighted by Gasteiger charge is 2.27. The molecule has 0 saturated carbocycles. The lowest BCUT2D eigenvalue weighted by Gasteiger charge is -2.17. The van der Waals surface area contributed by atoms with Gasteiger partial charge in [0.2, 0.25) is 0 Å². The molecule has 1 aromatic carbocycles. The fourth-order valence-electron chi connectivity index (χ4n) is 1.62. The third-order valence-electron chi connectivity index (χ3n) is 2.59. The molecular formula is C14H16F4N2. The summed E-state index contributed by atoms with van der Waals surface area (Å²) >= 11 is 0. The van der Waals surface area contributed by atoms with E-state index in [0.717, 1.165) is 0 Å². The Balaban J connectivity index is 2.68. The first kappa shape index (κ1) is 16.5. The average Bonchev–Trinajstić information content (AvgIpc) is 2.36. The summed E-state index contributed by atoms with van der Waals surface area (Å²) in [5, 5.41) is 0. The molecule has 0 amide bonds. The molecule has 0 heterocycles. The zero-order chi connectivity index (χ0) is 15.2. The normalized spacial score (nSPS) is 11.3. The van der Waals surface area contributed by atoms with Crippen LogP contribution in [0.5, 0.6) is 0 Å². The first-order chi connectivity index (χ1) is 9.31. The van der Waals surface area contributed by atoms with Crippen LogP contribution in [0.15, 0.2) is 18.2 Å². The van der Waals surface area contributed by atoms with Crippen molar-refractivity contribution in [1.29, 1.82) is 0 Å². The van der Waals surface area contributed by atoms with Crippen molar-refractivity contribution in [3.05, 3.63) is 35.1 Å². The van der Waals surface area contributed by atoms with Gasteiger partial charge in [-0.3, -0.25) is 0 Å². The number of nitrogens with two attached hydrogens (primary N) is 1. The van der Waals surface area contributed by atoms with Crippen LogP contribution in [-0.4, -0.2) is 31.2 Å². The number of halogens is 4. The van der Waals surface area contributed by atoms with E-state index < -0.39 is 18.4 Å². The Morgan fingerprint density at radius 1 is 1.30 bits per heavy atom. The lowest BCUT2D eigenvalue weighted by molar-refractivity contribution is -0.137. The fraction of sp³-hybridized carbons (Fsp3) is 0.429. The first-order valence-electron chi connectivity index (χ1n) is 6.04. The Morgan fingerprint density at radius 3 is 2.60 bits per heavy atom. The van der Waals surface area contributed by atoms with E-state index >= 15 is 0 Å². The highest BCUT2D eigenvalue weighted by Crippen LogP contribution is 2.20. The maximum atomic E-state index is 13.4. The highest BCUT2D eigenvalue weighted by atomic mass is 19.4. The van der Waals surface area contributed by atoms with Gasteiger partial charge in [0.05, 0.1) is 18.5 Å². The summed E-state index contributed by atoms with van der Waals surface area (Å²) in [4.78, 5) is 1.53. The fourth-order valence-corrected chi connectivity index (χ4v) is 1.62. The molecule has 0 saturated heterocycles. The van der Waals surface area contributed by atoms with Crippen LogP contribution in [0.3, 0.4) is 0 Å². The molecule has 2 nitrogen and oxygen atoms in total. The number of alkyl halides is 3. The van der Waals surface area contributed by atoms with Crippen molar-refractivity contribution in [2.24, 2.45) is 5.73 Å². The molecule has 1 aromatic rings. The van der Waals surface area contributed by atoms with Crippen LogP contribution >= 0.6 is 0 Å². The molecule has 0 aliphatic heterocycles. The van der Waals surface area contributed by atoms with Gasteiger partial charge in [-0.05, 0) is 24.7 Å². The number of nitrogens with zero attached hydrogens (tertiary/aromatic N) is 1. The van der Waals surface area contributed by atoms with E-state index in [1.807, 2.05) is 0 Å². The smallest absolute Gasteiger partial charge is 0.320 e. The van der Waals surface area contributed by atoms with E-state index in [1.165, 1.54) is 23.1 Å². The highest BCUT2D eigenvalue weighted by molar-refractivity contribution is 5.38. The van der Waals surface area contributed by atoms with Gasteiger partial charge in [-0.1, -0.05) is 17.9 Å². The monoisotopic (exact) mass is 288 g/mol. The molecule has 0 aliphatic carbocycles. The van der Waals surface area contributed by atoms with E-state index in [1.54, 1.807) is 7.05 Å². The SMILES string of the molecule is CN(CCC(F)(F)F)Cc1ccc(F)c(C#CCN)c1. The second-order valence-electron chi connectivity index (χ2n) is 4.42. The lowest BCUT2D eigenvalue weighted by Crippen LogP contribution is -2.24. The summed E-state index contributed by atoms with van der Waals surface area (Å²) in [5.41, 5.74) is 6.13. The third kappa shape index (κ3) is 6.04. The topological polar surface area (TPSA) is 29.3 Å². The first-order valence-corrected chi connectivity index (χ1v) is 6.04. The number of rotatable bonds is 4. The van der Waals surface area contributed by atoms with Crippen molar-refractivity contribution in [1.82, 2.24) is 4.90 Å². The summed E-state index contributed by atoms with van der Waals surface area (Å²) in [5.74, 6) is 4.68. The minimum absolute atomic E-state index is 0.106. The molecule has 2 N–H and O–H groups in total. The summed E-state index contributed by atoms with van der Waals surface area (Å²) in [6, 6.07) is 4.32. The summed E-state index contributed by atoms with van der Waals surface area (Å²) in [6.07, 6.45) is -5.04. The number of hydrogen-bond donors (Lipinski definition) is 1. The van der Waals surface area contributed by atoms with Crippen LogP contribution in [0.2, 0.25) is 0 Å². The van der Waals surface area contributed by atoms with Gasteiger partial charge in [-0.2, -0.15) is 13.2 Å². The van der Waals surface area contributed by atoms with E-state index in [2.05, 4.69) is 11.8 Å². The molecule has 0 atom stereocenters. The van der Waals surface area contributed by atoms with Crippen LogP contribution in [0.1, 0.15) is 17.5 Å². The third-order valence-corrected chi connectivity index (χ3v) is 2.59. The molecule has 0 radical (unpaired) electrons. The lowest BCUT2D eigenvalue weighted by atomic mass is 10.1. The van der Waals surface area contributed by atoms with Crippen LogP contribution in [0.4, 0.5) is 17.6 Å². The van der Waals surface area contributed by atoms with E-state index in [0.29, 0.717) is 12.1 Å². The predicted octanol–water partition coefficient (Wildman–Crippen LogP) is 2.52. The molecule has 6 heteroatoms. The minimum Gasteiger partial charge on any atom is -0.320 e. The van der Waals surface area contributed by atoms with Gasteiger partial charge in [0.15, 0.2) is 0 Å². The van der Waals surface area contributed by atoms with Gasteiger partial charge in [0.1, 0.15) is 5.82 Å². The Bertz CT molecular complexity index is 500. The van der Waals surface area contributed by atoms with Crippen molar-refractivity contribution in [2.45, 2.75) is 19.1 Å². The summed E-state index contributed by atoms with van der Waals surface area (Å²) < 4.78 is 49.7. The maximum absolute atomic E-state index is 13.4. The standard InChI is InChI=1S/C14H16F4N2/c1-20(8-6-14(16,17)18)10-11-4-5-13(15)12(9-11)3-2-7-19/h4-5,9H,6-8,10,19H2,1H3. The van der Waals surface area contributed by atoms with Crippen molar-refractivity contribution < 1.29 is 17.6 Å². The molecule has 0 bridgehead atoms. The van der Waals surface area contributed by atoms with Crippen molar-refractivity contribution in [2.75, 3.05) is 20.1 Å². The molecular weight excluding hydrogens is 272 g/mol. The molecule has 0 spiro atoms. The van der Waals surface area contributed by atoms with Gasteiger partial charge in [0.25, 0.3) is 0 Å². The van der Waals surface area contributed by atoms with Crippen LogP contribution in [-0.2, 0) is 6.54 Å². The quantitative estimate of drug-likeness (QED) is 0.681.